The molecule has 1 aromatic carbocycles. The van der Waals surface area contributed by atoms with Gasteiger partial charge in [-0.1, -0.05) is 18.6 Å². The number of aryl methyl sites for hydroxylation is 2. The molecule has 0 aliphatic carbocycles. The molecule has 0 bridgehead atoms. The highest BCUT2D eigenvalue weighted by molar-refractivity contribution is 5.78. The zero-order valence-electron chi connectivity index (χ0n) is 12.8. The number of hydrogen-bond acceptors (Lipinski definition) is 3. The van der Waals surface area contributed by atoms with Crippen LogP contribution >= 0.6 is 0 Å². The molecule has 1 N–H and O–H groups in total. The highest BCUT2D eigenvalue weighted by atomic mass is 16.3. The third-order valence-electron chi connectivity index (χ3n) is 3.63. The Bertz CT molecular complexity index is 741. The van der Waals surface area contributed by atoms with Gasteiger partial charge in [-0.15, -0.1) is 0 Å². The first kappa shape index (κ1) is 13.9. The maximum Gasteiger partial charge on any atom is 0.134 e. The van der Waals surface area contributed by atoms with E-state index in [2.05, 4.69) is 42.5 Å². The number of furan rings is 1. The summed E-state index contributed by atoms with van der Waals surface area (Å²) < 4.78 is 7.87. The minimum atomic E-state index is 0.0476. The maximum atomic E-state index is 6.05. The van der Waals surface area contributed by atoms with Crippen molar-refractivity contribution in [2.24, 2.45) is 7.05 Å². The SMILES string of the molecule is CCCNC(c1cnn(C)c1)c1cc2cc(C)ccc2o1. The molecule has 1 atom stereocenters. The first-order valence-corrected chi connectivity index (χ1v) is 7.39. The van der Waals surface area contributed by atoms with E-state index in [4.69, 9.17) is 4.42 Å². The Balaban J connectivity index is 2.00. The largest absolute Gasteiger partial charge is 0.459 e. The van der Waals surface area contributed by atoms with Gasteiger partial charge < -0.3 is 9.73 Å². The van der Waals surface area contributed by atoms with E-state index in [-0.39, 0.29) is 6.04 Å². The first-order valence-electron chi connectivity index (χ1n) is 7.39. The summed E-state index contributed by atoms with van der Waals surface area (Å²) in [6.07, 6.45) is 5.01. The van der Waals surface area contributed by atoms with Gasteiger partial charge in [0, 0.05) is 24.2 Å². The quantitative estimate of drug-likeness (QED) is 0.778. The fraction of sp³-hybridized carbons (Fsp3) is 0.353. The molecule has 0 saturated carbocycles. The second-order valence-electron chi connectivity index (χ2n) is 5.52. The molecule has 0 amide bonds. The molecule has 0 saturated heterocycles. The van der Waals surface area contributed by atoms with E-state index in [1.807, 2.05) is 30.2 Å². The third kappa shape index (κ3) is 2.85. The number of nitrogens with zero attached hydrogens (tertiary/aromatic N) is 2. The molecular weight excluding hydrogens is 262 g/mol. The van der Waals surface area contributed by atoms with Crippen LogP contribution in [0.25, 0.3) is 11.0 Å². The fourth-order valence-electron chi connectivity index (χ4n) is 2.59. The lowest BCUT2D eigenvalue weighted by Gasteiger charge is -2.14. The molecule has 0 radical (unpaired) electrons. The van der Waals surface area contributed by atoms with Crippen molar-refractivity contribution in [1.29, 1.82) is 0 Å². The molecule has 2 heterocycles. The minimum absolute atomic E-state index is 0.0476. The third-order valence-corrected chi connectivity index (χ3v) is 3.63. The second-order valence-corrected chi connectivity index (χ2v) is 5.52. The molecule has 0 aliphatic rings. The van der Waals surface area contributed by atoms with Crippen molar-refractivity contribution in [2.45, 2.75) is 26.3 Å². The monoisotopic (exact) mass is 283 g/mol. The summed E-state index contributed by atoms with van der Waals surface area (Å²) in [6, 6.07) is 8.44. The first-order chi connectivity index (χ1) is 10.2. The van der Waals surface area contributed by atoms with E-state index in [0.717, 1.165) is 35.3 Å². The predicted molar refractivity (Wildman–Crippen MR) is 84.3 cm³/mol. The average Bonchev–Trinajstić information content (AvgIpc) is 3.05. The van der Waals surface area contributed by atoms with E-state index < -0.39 is 0 Å². The smallest absolute Gasteiger partial charge is 0.134 e. The molecule has 3 rings (SSSR count). The lowest BCUT2D eigenvalue weighted by Crippen LogP contribution is -2.22. The molecule has 21 heavy (non-hydrogen) atoms. The predicted octanol–water partition coefficient (Wildman–Crippen LogP) is 3.56. The Hall–Kier alpha value is -2.07. The van der Waals surface area contributed by atoms with Gasteiger partial charge in [0.05, 0.1) is 12.2 Å². The lowest BCUT2D eigenvalue weighted by molar-refractivity contribution is 0.469. The number of nitrogens with one attached hydrogen (secondary N) is 1. The second kappa shape index (κ2) is 5.74. The molecular formula is C17H21N3O. The number of rotatable bonds is 5. The summed E-state index contributed by atoms with van der Waals surface area (Å²) >= 11 is 0. The molecule has 110 valence electrons. The zero-order valence-corrected chi connectivity index (χ0v) is 12.8. The van der Waals surface area contributed by atoms with Crippen molar-refractivity contribution in [3.8, 4) is 0 Å². The van der Waals surface area contributed by atoms with Gasteiger partial charge in [0.1, 0.15) is 11.3 Å². The summed E-state index contributed by atoms with van der Waals surface area (Å²) in [5.41, 5.74) is 3.30. The number of hydrogen-bond donors (Lipinski definition) is 1. The number of aromatic nitrogens is 2. The summed E-state index contributed by atoms with van der Waals surface area (Å²) in [6.45, 7) is 5.20. The van der Waals surface area contributed by atoms with Crippen LogP contribution in [0, 0.1) is 6.92 Å². The van der Waals surface area contributed by atoms with E-state index in [0.29, 0.717) is 0 Å². The molecule has 0 aliphatic heterocycles. The van der Waals surface area contributed by atoms with Crippen molar-refractivity contribution in [3.63, 3.8) is 0 Å². The van der Waals surface area contributed by atoms with E-state index >= 15 is 0 Å². The van der Waals surface area contributed by atoms with Crippen molar-refractivity contribution in [2.75, 3.05) is 6.54 Å². The molecule has 2 aromatic heterocycles. The number of benzene rings is 1. The van der Waals surface area contributed by atoms with Crippen LogP contribution in [0.2, 0.25) is 0 Å². The Labute approximate surface area is 124 Å². The Morgan fingerprint density at radius 2 is 2.19 bits per heavy atom. The highest BCUT2D eigenvalue weighted by Gasteiger charge is 2.19. The summed E-state index contributed by atoms with van der Waals surface area (Å²) in [5.74, 6) is 0.942. The molecule has 4 heteroatoms. The van der Waals surface area contributed by atoms with Gasteiger partial charge in [0.2, 0.25) is 0 Å². The average molecular weight is 283 g/mol. The zero-order chi connectivity index (χ0) is 14.8. The molecule has 1 unspecified atom stereocenters. The van der Waals surface area contributed by atoms with Crippen molar-refractivity contribution < 1.29 is 4.42 Å². The lowest BCUT2D eigenvalue weighted by atomic mass is 10.1. The fourth-order valence-corrected chi connectivity index (χ4v) is 2.59. The maximum absolute atomic E-state index is 6.05. The van der Waals surface area contributed by atoms with Gasteiger partial charge in [-0.25, -0.2) is 0 Å². The molecule has 0 fully saturated rings. The standard InChI is InChI=1S/C17H21N3O/c1-4-7-18-17(14-10-19-20(3)11-14)16-9-13-8-12(2)5-6-15(13)21-16/h5-6,8-11,17-18H,4,7H2,1-3H3. The van der Waals surface area contributed by atoms with Crippen LogP contribution in [0.3, 0.4) is 0 Å². The summed E-state index contributed by atoms with van der Waals surface area (Å²) in [7, 11) is 1.93. The molecule has 4 nitrogen and oxygen atoms in total. The van der Waals surface area contributed by atoms with Gasteiger partial charge in [0.15, 0.2) is 0 Å². The van der Waals surface area contributed by atoms with Crippen LogP contribution in [0.1, 0.15) is 36.3 Å². The Morgan fingerprint density at radius 1 is 1.33 bits per heavy atom. The van der Waals surface area contributed by atoms with Crippen molar-refractivity contribution in [3.05, 3.63) is 53.5 Å². The van der Waals surface area contributed by atoms with Crippen molar-refractivity contribution >= 4 is 11.0 Å². The van der Waals surface area contributed by atoms with Gasteiger partial charge in [-0.3, -0.25) is 4.68 Å². The number of fused-ring (bicyclic) bond motifs is 1. The normalized spacial score (nSPS) is 12.9. The van der Waals surface area contributed by atoms with E-state index in [1.54, 1.807) is 0 Å². The van der Waals surface area contributed by atoms with E-state index in [9.17, 15) is 0 Å². The van der Waals surface area contributed by atoms with E-state index in [1.165, 1.54) is 5.56 Å². The highest BCUT2D eigenvalue weighted by Crippen LogP contribution is 2.28. The van der Waals surface area contributed by atoms with Crippen LogP contribution in [-0.2, 0) is 7.05 Å². The van der Waals surface area contributed by atoms with Gasteiger partial charge in [-0.05, 0) is 38.1 Å². The Kier molecular flexibility index (Phi) is 3.80. The Morgan fingerprint density at radius 3 is 2.90 bits per heavy atom. The van der Waals surface area contributed by atoms with Gasteiger partial charge in [-0.2, -0.15) is 5.10 Å². The summed E-state index contributed by atoms with van der Waals surface area (Å²) in [4.78, 5) is 0. The van der Waals surface area contributed by atoms with Crippen LogP contribution in [0.15, 0.2) is 41.1 Å². The summed E-state index contributed by atoms with van der Waals surface area (Å²) in [5, 5.41) is 8.97. The molecule has 0 spiro atoms. The molecule has 3 aromatic rings. The topological polar surface area (TPSA) is 43.0 Å². The van der Waals surface area contributed by atoms with Crippen LogP contribution in [0.4, 0.5) is 0 Å². The van der Waals surface area contributed by atoms with Crippen molar-refractivity contribution in [1.82, 2.24) is 15.1 Å². The van der Waals surface area contributed by atoms with Gasteiger partial charge >= 0.3 is 0 Å². The van der Waals surface area contributed by atoms with Crippen LogP contribution in [-0.4, -0.2) is 16.3 Å². The van der Waals surface area contributed by atoms with Gasteiger partial charge in [0.25, 0.3) is 0 Å². The minimum Gasteiger partial charge on any atom is -0.459 e. The van der Waals surface area contributed by atoms with Crippen LogP contribution < -0.4 is 5.32 Å². The van der Waals surface area contributed by atoms with Crippen LogP contribution in [0.5, 0.6) is 0 Å².